The van der Waals surface area contributed by atoms with Crippen LogP contribution in [0.4, 0.5) is 0 Å². The topological polar surface area (TPSA) is 101 Å². The van der Waals surface area contributed by atoms with Crippen LogP contribution in [0.1, 0.15) is 36.5 Å². The Labute approximate surface area is 189 Å². The van der Waals surface area contributed by atoms with E-state index in [0.717, 1.165) is 36.6 Å². The van der Waals surface area contributed by atoms with E-state index in [-0.39, 0.29) is 24.0 Å². The highest BCUT2D eigenvalue weighted by atomic mass is 127. The van der Waals surface area contributed by atoms with Gasteiger partial charge < -0.3 is 15.2 Å². The predicted molar refractivity (Wildman–Crippen MR) is 124 cm³/mol. The van der Waals surface area contributed by atoms with Crippen LogP contribution < -0.4 is 10.6 Å². The lowest BCUT2D eigenvalue weighted by Gasteiger charge is -2.13. The molecule has 160 valence electrons. The predicted octanol–water partition coefficient (Wildman–Crippen LogP) is 1.93. The van der Waals surface area contributed by atoms with E-state index in [1.54, 1.807) is 19.2 Å². The minimum Gasteiger partial charge on any atom is -0.356 e. The van der Waals surface area contributed by atoms with Gasteiger partial charge in [-0.3, -0.25) is 4.99 Å². The smallest absolute Gasteiger partial charge is 0.191 e. The van der Waals surface area contributed by atoms with Crippen molar-refractivity contribution in [3.8, 4) is 0 Å². The lowest BCUT2D eigenvalue weighted by molar-refractivity contribution is 0.596. The van der Waals surface area contributed by atoms with E-state index in [1.165, 1.54) is 25.5 Å². The zero-order chi connectivity index (χ0) is 20.0. The Kier molecular flexibility index (Phi) is 8.87. The van der Waals surface area contributed by atoms with Gasteiger partial charge in [-0.2, -0.15) is 0 Å². The summed E-state index contributed by atoms with van der Waals surface area (Å²) < 4.78 is 25.3. The SMILES string of the molecule is CN=C(NCCc1ccc(S(C)(=O)=O)cc1)NCc1nnc2n1CCCCC2.I. The fraction of sp³-hybridized carbons (Fsp3) is 0.526. The molecule has 0 amide bonds. The third kappa shape index (κ3) is 6.66. The summed E-state index contributed by atoms with van der Waals surface area (Å²) in [4.78, 5) is 4.60. The second-order valence-electron chi connectivity index (χ2n) is 7.01. The number of nitrogens with zero attached hydrogens (tertiary/aromatic N) is 4. The molecule has 0 unspecified atom stereocenters. The average molecular weight is 532 g/mol. The first-order valence-electron chi connectivity index (χ1n) is 9.62. The average Bonchev–Trinajstić information content (AvgIpc) is 2.90. The van der Waals surface area contributed by atoms with Gasteiger partial charge in [-0.25, -0.2) is 8.42 Å². The molecule has 0 aliphatic carbocycles. The van der Waals surface area contributed by atoms with Crippen molar-refractivity contribution in [1.29, 1.82) is 0 Å². The van der Waals surface area contributed by atoms with E-state index < -0.39 is 9.84 Å². The van der Waals surface area contributed by atoms with Gasteiger partial charge in [0.05, 0.1) is 11.4 Å². The lowest BCUT2D eigenvalue weighted by atomic mass is 10.1. The summed E-state index contributed by atoms with van der Waals surface area (Å²) in [6.45, 7) is 2.25. The lowest BCUT2D eigenvalue weighted by Crippen LogP contribution is -2.38. The van der Waals surface area contributed by atoms with Crippen molar-refractivity contribution in [2.24, 2.45) is 4.99 Å². The zero-order valence-electron chi connectivity index (χ0n) is 16.9. The van der Waals surface area contributed by atoms with Crippen molar-refractivity contribution in [2.45, 2.75) is 50.1 Å². The van der Waals surface area contributed by atoms with Gasteiger partial charge in [-0.15, -0.1) is 34.2 Å². The van der Waals surface area contributed by atoms with Gasteiger partial charge >= 0.3 is 0 Å². The van der Waals surface area contributed by atoms with Crippen molar-refractivity contribution in [2.75, 3.05) is 19.8 Å². The monoisotopic (exact) mass is 532 g/mol. The van der Waals surface area contributed by atoms with Gasteiger partial charge in [0, 0.05) is 32.8 Å². The van der Waals surface area contributed by atoms with Crippen LogP contribution in [0.3, 0.4) is 0 Å². The number of hydrogen-bond donors (Lipinski definition) is 2. The number of benzene rings is 1. The van der Waals surface area contributed by atoms with Crippen molar-refractivity contribution in [1.82, 2.24) is 25.4 Å². The number of aryl methyl sites for hydroxylation is 1. The summed E-state index contributed by atoms with van der Waals surface area (Å²) >= 11 is 0. The molecule has 0 bridgehead atoms. The van der Waals surface area contributed by atoms with Crippen LogP contribution in [0.2, 0.25) is 0 Å². The molecule has 1 aliphatic heterocycles. The van der Waals surface area contributed by atoms with Crippen LogP contribution in [0.25, 0.3) is 0 Å². The second-order valence-corrected chi connectivity index (χ2v) is 9.03. The number of nitrogens with one attached hydrogen (secondary N) is 2. The number of rotatable bonds is 6. The van der Waals surface area contributed by atoms with E-state index >= 15 is 0 Å². The van der Waals surface area contributed by atoms with Crippen LogP contribution in [0, 0.1) is 0 Å². The van der Waals surface area contributed by atoms with Crippen LogP contribution in [0.5, 0.6) is 0 Å². The van der Waals surface area contributed by atoms with E-state index in [2.05, 4.69) is 30.4 Å². The van der Waals surface area contributed by atoms with Gasteiger partial charge in [-0.05, 0) is 37.0 Å². The molecule has 0 spiro atoms. The minimum absolute atomic E-state index is 0. The standard InChI is InChI=1S/C19H28N6O2S.HI/c1-20-19(21-12-11-15-7-9-16(10-8-15)28(2,26)27)22-14-18-24-23-17-6-4-3-5-13-25(17)18;/h7-10H,3-6,11-14H2,1-2H3,(H2,20,21,22);1H. The molecule has 29 heavy (non-hydrogen) atoms. The molecule has 0 saturated carbocycles. The Morgan fingerprint density at radius 3 is 2.59 bits per heavy atom. The molecule has 3 rings (SSSR count). The summed E-state index contributed by atoms with van der Waals surface area (Å²) in [5.74, 6) is 2.73. The number of aromatic nitrogens is 3. The Balaban J connectivity index is 0.00000300. The highest BCUT2D eigenvalue weighted by molar-refractivity contribution is 14.0. The Bertz CT molecular complexity index is 925. The Morgan fingerprint density at radius 2 is 1.90 bits per heavy atom. The first-order chi connectivity index (χ1) is 13.5. The van der Waals surface area contributed by atoms with Gasteiger partial charge in [0.25, 0.3) is 0 Å². The molecule has 0 fully saturated rings. The fourth-order valence-electron chi connectivity index (χ4n) is 3.29. The molecule has 2 N–H and O–H groups in total. The summed E-state index contributed by atoms with van der Waals surface area (Å²) in [7, 11) is -1.42. The number of halogens is 1. The molecular weight excluding hydrogens is 503 g/mol. The van der Waals surface area contributed by atoms with Crippen LogP contribution >= 0.6 is 24.0 Å². The van der Waals surface area contributed by atoms with Crippen molar-refractivity contribution in [3.05, 3.63) is 41.5 Å². The molecule has 0 radical (unpaired) electrons. The quantitative estimate of drug-likeness (QED) is 0.335. The summed E-state index contributed by atoms with van der Waals surface area (Å²) in [5, 5.41) is 15.2. The number of guanidine groups is 1. The second kappa shape index (κ2) is 10.9. The van der Waals surface area contributed by atoms with Crippen LogP contribution in [0.15, 0.2) is 34.2 Å². The third-order valence-corrected chi connectivity index (χ3v) is 6.01. The molecule has 1 aromatic heterocycles. The van der Waals surface area contributed by atoms with E-state index in [4.69, 9.17) is 0 Å². The van der Waals surface area contributed by atoms with Crippen molar-refractivity contribution < 1.29 is 8.42 Å². The largest absolute Gasteiger partial charge is 0.356 e. The molecule has 10 heteroatoms. The summed E-state index contributed by atoms with van der Waals surface area (Å²) in [5.41, 5.74) is 1.07. The minimum atomic E-state index is -3.15. The molecule has 0 atom stereocenters. The van der Waals surface area contributed by atoms with Crippen molar-refractivity contribution in [3.63, 3.8) is 0 Å². The first-order valence-corrected chi connectivity index (χ1v) is 11.5. The highest BCUT2D eigenvalue weighted by Crippen LogP contribution is 2.14. The van der Waals surface area contributed by atoms with Crippen molar-refractivity contribution >= 4 is 39.8 Å². The molecule has 1 aliphatic rings. The maximum atomic E-state index is 11.5. The molecule has 1 aromatic carbocycles. The van der Waals surface area contributed by atoms with E-state index in [0.29, 0.717) is 23.9 Å². The third-order valence-electron chi connectivity index (χ3n) is 4.88. The molecule has 8 nitrogen and oxygen atoms in total. The molecule has 0 saturated heterocycles. The van der Waals surface area contributed by atoms with Gasteiger partial charge in [0.15, 0.2) is 21.6 Å². The van der Waals surface area contributed by atoms with Gasteiger partial charge in [0.2, 0.25) is 0 Å². The Hall–Kier alpha value is -1.69. The van der Waals surface area contributed by atoms with E-state index in [9.17, 15) is 8.42 Å². The number of hydrogen-bond acceptors (Lipinski definition) is 5. The normalized spacial score (nSPS) is 14.5. The fourth-order valence-corrected chi connectivity index (χ4v) is 3.92. The highest BCUT2D eigenvalue weighted by Gasteiger charge is 2.14. The summed E-state index contributed by atoms with van der Waals surface area (Å²) in [6, 6.07) is 6.99. The van der Waals surface area contributed by atoms with Gasteiger partial charge in [-0.1, -0.05) is 18.6 Å². The van der Waals surface area contributed by atoms with Crippen LogP contribution in [-0.2, 0) is 35.8 Å². The number of sulfone groups is 1. The number of aliphatic imine (C=N–C) groups is 1. The molecular formula is C19H29IN6O2S. The first kappa shape index (κ1) is 23.6. The van der Waals surface area contributed by atoms with Gasteiger partial charge in [0.1, 0.15) is 5.82 Å². The van der Waals surface area contributed by atoms with Crippen LogP contribution in [-0.4, -0.2) is 49.0 Å². The Morgan fingerprint density at radius 1 is 1.14 bits per heavy atom. The maximum absolute atomic E-state index is 11.5. The molecule has 2 aromatic rings. The summed E-state index contributed by atoms with van der Waals surface area (Å²) in [6.07, 6.45) is 6.57. The zero-order valence-corrected chi connectivity index (χ0v) is 20.0. The number of fused-ring (bicyclic) bond motifs is 1. The molecule has 2 heterocycles. The van der Waals surface area contributed by atoms with E-state index in [1.807, 2.05) is 12.1 Å². The maximum Gasteiger partial charge on any atom is 0.191 e.